The highest BCUT2D eigenvalue weighted by molar-refractivity contribution is 5.34. The first-order valence-corrected chi connectivity index (χ1v) is 6.72. The maximum Gasteiger partial charge on any atom is 0.293 e. The van der Waals surface area contributed by atoms with Gasteiger partial charge in [-0.05, 0) is 32.2 Å². The molecular weight excluding hydrogens is 228 g/mol. The van der Waals surface area contributed by atoms with Gasteiger partial charge in [-0.2, -0.15) is 0 Å². The van der Waals surface area contributed by atoms with Crippen molar-refractivity contribution >= 4 is 5.82 Å². The molecule has 1 aromatic rings. The Kier molecular flexibility index (Phi) is 4.36. The molecule has 1 heterocycles. The second-order valence-electron chi connectivity index (χ2n) is 4.97. The summed E-state index contributed by atoms with van der Waals surface area (Å²) in [6.45, 7) is 1.60. The van der Waals surface area contributed by atoms with Crippen LogP contribution in [0.15, 0.2) is 17.2 Å². The van der Waals surface area contributed by atoms with Gasteiger partial charge in [0.1, 0.15) is 0 Å². The normalized spacial score (nSPS) is 14.8. The van der Waals surface area contributed by atoms with E-state index in [1.165, 1.54) is 0 Å². The molecule has 0 aromatic carbocycles. The molecule has 5 heteroatoms. The molecule has 0 radical (unpaired) electrons. The Balaban J connectivity index is 1.99. The van der Waals surface area contributed by atoms with Gasteiger partial charge < -0.3 is 15.2 Å². The van der Waals surface area contributed by atoms with E-state index in [0.29, 0.717) is 11.9 Å². The molecule has 1 fully saturated rings. The Hall–Kier alpha value is -1.36. The van der Waals surface area contributed by atoms with Crippen LogP contribution in [0.1, 0.15) is 38.1 Å². The number of hydrogen-bond acceptors (Lipinski definition) is 4. The molecule has 0 spiro atoms. The van der Waals surface area contributed by atoms with Gasteiger partial charge in [0.25, 0.3) is 5.56 Å². The largest absolute Gasteiger partial charge is 0.355 e. The Labute approximate surface area is 108 Å². The lowest BCUT2D eigenvalue weighted by molar-refractivity contribution is 0.660. The number of hydrogen-bond donors (Lipinski definition) is 1. The summed E-state index contributed by atoms with van der Waals surface area (Å²) in [4.78, 5) is 18.4. The number of anilines is 1. The minimum atomic E-state index is 0.0429. The quantitative estimate of drug-likeness (QED) is 0.737. The summed E-state index contributed by atoms with van der Waals surface area (Å²) in [5.74, 6) is 0.567. The first-order valence-electron chi connectivity index (χ1n) is 6.72. The van der Waals surface area contributed by atoms with Crippen LogP contribution in [0.3, 0.4) is 0 Å². The molecule has 0 aliphatic heterocycles. The highest BCUT2D eigenvalue weighted by Gasteiger charge is 2.25. The summed E-state index contributed by atoms with van der Waals surface area (Å²) in [5, 5.41) is 0. The van der Waals surface area contributed by atoms with Crippen molar-refractivity contribution in [3.63, 3.8) is 0 Å². The van der Waals surface area contributed by atoms with Crippen LogP contribution in [0, 0.1) is 0 Å². The minimum Gasteiger partial charge on any atom is -0.355 e. The lowest BCUT2D eigenvalue weighted by Crippen LogP contribution is -2.31. The molecule has 1 aliphatic rings. The lowest BCUT2D eigenvalue weighted by Gasteiger charge is -2.18. The zero-order valence-corrected chi connectivity index (χ0v) is 11.0. The fraction of sp³-hybridized carbons (Fsp3) is 0.692. The highest BCUT2D eigenvalue weighted by Crippen LogP contribution is 2.33. The van der Waals surface area contributed by atoms with Gasteiger partial charge in [0.2, 0.25) is 0 Å². The van der Waals surface area contributed by atoms with Crippen LogP contribution in [0.25, 0.3) is 0 Å². The topological polar surface area (TPSA) is 64.2 Å². The van der Waals surface area contributed by atoms with Gasteiger partial charge >= 0.3 is 0 Å². The molecule has 100 valence electrons. The van der Waals surface area contributed by atoms with E-state index in [4.69, 9.17) is 5.73 Å². The molecule has 1 aliphatic carbocycles. The first kappa shape index (κ1) is 13.1. The maximum absolute atomic E-state index is 12.2. The molecule has 1 aromatic heterocycles. The highest BCUT2D eigenvalue weighted by atomic mass is 16.1. The van der Waals surface area contributed by atoms with Crippen molar-refractivity contribution < 1.29 is 0 Å². The van der Waals surface area contributed by atoms with Crippen molar-refractivity contribution in [2.45, 2.75) is 38.1 Å². The fourth-order valence-electron chi connectivity index (χ4n) is 2.09. The van der Waals surface area contributed by atoms with E-state index < -0.39 is 0 Å². The summed E-state index contributed by atoms with van der Waals surface area (Å²) in [7, 11) is 1.93. The van der Waals surface area contributed by atoms with Crippen molar-refractivity contribution in [1.29, 1.82) is 0 Å². The Morgan fingerprint density at radius 2 is 2.22 bits per heavy atom. The van der Waals surface area contributed by atoms with E-state index in [2.05, 4.69) is 4.98 Å². The van der Waals surface area contributed by atoms with E-state index >= 15 is 0 Å². The average molecular weight is 250 g/mol. The molecule has 2 N–H and O–H groups in total. The van der Waals surface area contributed by atoms with Gasteiger partial charge in [-0.1, -0.05) is 6.42 Å². The van der Waals surface area contributed by atoms with E-state index in [9.17, 15) is 4.79 Å². The Bertz CT molecular complexity index is 439. The zero-order valence-electron chi connectivity index (χ0n) is 11.0. The van der Waals surface area contributed by atoms with Gasteiger partial charge in [-0.15, -0.1) is 0 Å². The molecule has 0 saturated heterocycles. The SMILES string of the molecule is CN(CCCCCN)c1nccn(C2CC2)c1=O. The third kappa shape index (κ3) is 3.10. The molecule has 0 amide bonds. The van der Waals surface area contributed by atoms with Gasteiger partial charge in [0, 0.05) is 32.0 Å². The van der Waals surface area contributed by atoms with Crippen LogP contribution in [0.4, 0.5) is 5.82 Å². The summed E-state index contributed by atoms with van der Waals surface area (Å²) in [6.07, 6.45) is 8.95. The minimum absolute atomic E-state index is 0.0429. The van der Waals surface area contributed by atoms with Crippen LogP contribution in [0.5, 0.6) is 0 Å². The second-order valence-corrected chi connectivity index (χ2v) is 4.97. The van der Waals surface area contributed by atoms with Crippen molar-refractivity contribution in [2.24, 2.45) is 5.73 Å². The molecular formula is C13H22N4O. The van der Waals surface area contributed by atoms with Crippen molar-refractivity contribution in [2.75, 3.05) is 25.0 Å². The maximum atomic E-state index is 12.2. The molecule has 2 rings (SSSR count). The summed E-state index contributed by atoms with van der Waals surface area (Å²) in [6, 6.07) is 0.407. The van der Waals surface area contributed by atoms with Crippen LogP contribution in [-0.2, 0) is 0 Å². The molecule has 1 saturated carbocycles. The third-order valence-electron chi connectivity index (χ3n) is 3.35. The van der Waals surface area contributed by atoms with E-state index in [-0.39, 0.29) is 5.56 Å². The van der Waals surface area contributed by atoms with Crippen LogP contribution in [0.2, 0.25) is 0 Å². The number of nitrogens with two attached hydrogens (primary N) is 1. The zero-order chi connectivity index (χ0) is 13.0. The molecule has 0 unspecified atom stereocenters. The van der Waals surface area contributed by atoms with Crippen LogP contribution in [-0.4, -0.2) is 29.7 Å². The molecule has 18 heavy (non-hydrogen) atoms. The Morgan fingerprint density at radius 3 is 2.89 bits per heavy atom. The predicted molar refractivity (Wildman–Crippen MR) is 72.9 cm³/mol. The van der Waals surface area contributed by atoms with Crippen molar-refractivity contribution in [3.05, 3.63) is 22.7 Å². The number of aromatic nitrogens is 2. The molecule has 0 atom stereocenters. The molecule has 5 nitrogen and oxygen atoms in total. The standard InChI is InChI=1S/C13H22N4O/c1-16(9-4-2-3-7-14)12-13(18)17(10-8-15-12)11-5-6-11/h8,10-11H,2-7,9,14H2,1H3. The summed E-state index contributed by atoms with van der Waals surface area (Å²) < 4.78 is 1.82. The summed E-state index contributed by atoms with van der Waals surface area (Å²) in [5.41, 5.74) is 5.50. The average Bonchev–Trinajstić information content (AvgIpc) is 3.19. The second kappa shape index (κ2) is 6.00. The van der Waals surface area contributed by atoms with Gasteiger partial charge in [0.15, 0.2) is 5.82 Å². The van der Waals surface area contributed by atoms with E-state index in [1.807, 2.05) is 16.5 Å². The third-order valence-corrected chi connectivity index (χ3v) is 3.35. The van der Waals surface area contributed by atoms with Crippen LogP contribution < -0.4 is 16.2 Å². The smallest absolute Gasteiger partial charge is 0.293 e. The van der Waals surface area contributed by atoms with Gasteiger partial charge in [-0.3, -0.25) is 4.79 Å². The Morgan fingerprint density at radius 1 is 1.44 bits per heavy atom. The predicted octanol–water partition coefficient (Wildman–Crippen LogP) is 1.14. The van der Waals surface area contributed by atoms with Crippen molar-refractivity contribution in [1.82, 2.24) is 9.55 Å². The monoisotopic (exact) mass is 250 g/mol. The van der Waals surface area contributed by atoms with Gasteiger partial charge in [-0.25, -0.2) is 4.98 Å². The number of rotatable bonds is 7. The fourth-order valence-corrected chi connectivity index (χ4v) is 2.09. The van der Waals surface area contributed by atoms with Crippen LogP contribution >= 0.6 is 0 Å². The molecule has 0 bridgehead atoms. The van der Waals surface area contributed by atoms with E-state index in [0.717, 1.165) is 45.2 Å². The lowest BCUT2D eigenvalue weighted by atomic mass is 10.2. The first-order chi connectivity index (χ1) is 8.74. The van der Waals surface area contributed by atoms with E-state index in [1.54, 1.807) is 12.4 Å². The van der Waals surface area contributed by atoms with Crippen molar-refractivity contribution in [3.8, 4) is 0 Å². The summed E-state index contributed by atoms with van der Waals surface area (Å²) >= 11 is 0. The number of unbranched alkanes of at least 4 members (excludes halogenated alkanes) is 2. The van der Waals surface area contributed by atoms with Gasteiger partial charge in [0.05, 0.1) is 0 Å². The number of nitrogens with zero attached hydrogens (tertiary/aromatic N) is 3.